The van der Waals surface area contributed by atoms with E-state index in [1.165, 1.54) is 6.42 Å². The number of rotatable bonds is 2. The molecular formula is C12H19NO3S. The Morgan fingerprint density at radius 1 is 1.24 bits per heavy atom. The first kappa shape index (κ1) is 12.7. The molecule has 0 spiro atoms. The molecule has 2 unspecified atom stereocenters. The number of amides is 1. The Kier molecular flexibility index (Phi) is 3.97. The Hall–Kier alpha value is -0.710. The van der Waals surface area contributed by atoms with Crippen LogP contribution in [0.1, 0.15) is 39.0 Å². The van der Waals surface area contributed by atoms with Crippen LogP contribution in [0.2, 0.25) is 0 Å². The largest absolute Gasteiger partial charge is 0.480 e. The topological polar surface area (TPSA) is 57.6 Å². The number of hydrogen-bond donors (Lipinski definition) is 1. The van der Waals surface area contributed by atoms with E-state index in [2.05, 4.69) is 0 Å². The van der Waals surface area contributed by atoms with E-state index in [4.69, 9.17) is 5.11 Å². The lowest BCUT2D eigenvalue weighted by Crippen LogP contribution is -2.47. The molecule has 17 heavy (non-hydrogen) atoms. The molecule has 2 rings (SSSR count). The maximum absolute atomic E-state index is 12.4. The van der Waals surface area contributed by atoms with Crippen molar-refractivity contribution in [2.24, 2.45) is 5.92 Å². The van der Waals surface area contributed by atoms with Gasteiger partial charge < -0.3 is 10.0 Å². The number of carboxylic acid groups (broad SMARTS) is 1. The molecule has 1 aliphatic carbocycles. The average molecular weight is 257 g/mol. The zero-order valence-corrected chi connectivity index (χ0v) is 10.9. The number of carbonyl (C=O) groups excluding carboxylic acids is 1. The number of carboxylic acids is 1. The Morgan fingerprint density at radius 3 is 2.47 bits per heavy atom. The molecule has 2 fully saturated rings. The quantitative estimate of drug-likeness (QED) is 0.821. The van der Waals surface area contributed by atoms with Gasteiger partial charge in [-0.3, -0.25) is 4.79 Å². The molecule has 0 aromatic carbocycles. The summed E-state index contributed by atoms with van der Waals surface area (Å²) in [6, 6.07) is -0.621. The molecule has 1 N–H and O–H groups in total. The van der Waals surface area contributed by atoms with Gasteiger partial charge in [-0.1, -0.05) is 19.3 Å². The minimum absolute atomic E-state index is 0.00512. The van der Waals surface area contributed by atoms with Gasteiger partial charge in [0.2, 0.25) is 5.91 Å². The molecule has 5 heteroatoms. The SMILES string of the molecule is CC1SCC(C(=O)O)N1C(=O)C1CCCCC1. The van der Waals surface area contributed by atoms with Crippen LogP contribution in [0, 0.1) is 5.92 Å². The van der Waals surface area contributed by atoms with Gasteiger partial charge in [0.1, 0.15) is 6.04 Å². The van der Waals surface area contributed by atoms with Crippen molar-refractivity contribution in [1.29, 1.82) is 0 Å². The number of aliphatic carboxylic acids is 1. The van der Waals surface area contributed by atoms with Crippen LogP contribution in [0.3, 0.4) is 0 Å². The molecule has 0 bridgehead atoms. The highest BCUT2D eigenvalue weighted by Crippen LogP contribution is 2.33. The first-order valence-electron chi connectivity index (χ1n) is 6.28. The summed E-state index contributed by atoms with van der Waals surface area (Å²) in [5.74, 6) is -0.220. The molecule has 1 heterocycles. The van der Waals surface area contributed by atoms with Crippen LogP contribution in [0.15, 0.2) is 0 Å². The normalized spacial score (nSPS) is 30.5. The second-order valence-corrected chi connectivity index (χ2v) is 6.22. The molecule has 0 radical (unpaired) electrons. The summed E-state index contributed by atoms with van der Waals surface area (Å²) in [5.41, 5.74) is 0. The molecule has 4 nitrogen and oxygen atoms in total. The molecule has 2 atom stereocenters. The van der Waals surface area contributed by atoms with Gasteiger partial charge in [0.25, 0.3) is 0 Å². The second kappa shape index (κ2) is 5.29. The Bertz CT molecular complexity index is 315. The first-order valence-corrected chi connectivity index (χ1v) is 7.32. The van der Waals surface area contributed by atoms with E-state index >= 15 is 0 Å². The van der Waals surface area contributed by atoms with Gasteiger partial charge in [0, 0.05) is 11.7 Å². The van der Waals surface area contributed by atoms with Crippen molar-refractivity contribution in [3.05, 3.63) is 0 Å². The molecule has 0 aromatic rings. The number of thioether (sulfide) groups is 1. The second-order valence-electron chi connectivity index (χ2n) is 4.87. The van der Waals surface area contributed by atoms with Gasteiger partial charge in [-0.15, -0.1) is 11.8 Å². The zero-order valence-electron chi connectivity index (χ0n) is 10.1. The number of nitrogens with zero attached hydrogens (tertiary/aromatic N) is 1. The van der Waals surface area contributed by atoms with Gasteiger partial charge in [-0.05, 0) is 19.8 Å². The monoisotopic (exact) mass is 257 g/mol. The zero-order chi connectivity index (χ0) is 12.4. The highest BCUT2D eigenvalue weighted by Gasteiger charge is 2.41. The predicted molar refractivity (Wildman–Crippen MR) is 66.8 cm³/mol. The fourth-order valence-electron chi connectivity index (χ4n) is 2.73. The minimum Gasteiger partial charge on any atom is -0.480 e. The summed E-state index contributed by atoms with van der Waals surface area (Å²) in [5, 5.41) is 9.15. The highest BCUT2D eigenvalue weighted by atomic mass is 32.2. The third-order valence-corrected chi connectivity index (χ3v) is 4.93. The molecule has 2 aliphatic rings. The molecule has 1 amide bonds. The first-order chi connectivity index (χ1) is 8.11. The fraction of sp³-hybridized carbons (Fsp3) is 0.833. The third-order valence-electron chi connectivity index (χ3n) is 3.72. The Morgan fingerprint density at radius 2 is 1.88 bits per heavy atom. The van der Waals surface area contributed by atoms with Gasteiger partial charge in [0.05, 0.1) is 5.37 Å². The standard InChI is InChI=1S/C12H19NO3S/c1-8-13(10(7-17-8)12(15)16)11(14)9-5-3-2-4-6-9/h8-10H,2-7H2,1H3,(H,15,16). The molecule has 96 valence electrons. The summed E-state index contributed by atoms with van der Waals surface area (Å²) in [6.07, 6.45) is 5.27. The smallest absolute Gasteiger partial charge is 0.327 e. The van der Waals surface area contributed by atoms with E-state index < -0.39 is 12.0 Å². The van der Waals surface area contributed by atoms with E-state index in [1.807, 2.05) is 6.92 Å². The Labute approximate surface area is 106 Å². The van der Waals surface area contributed by atoms with Crippen molar-refractivity contribution in [2.75, 3.05) is 5.75 Å². The molecule has 1 saturated heterocycles. The Balaban J connectivity index is 2.07. The van der Waals surface area contributed by atoms with Crippen molar-refractivity contribution < 1.29 is 14.7 Å². The van der Waals surface area contributed by atoms with Crippen LogP contribution in [0.5, 0.6) is 0 Å². The van der Waals surface area contributed by atoms with E-state index in [1.54, 1.807) is 16.7 Å². The van der Waals surface area contributed by atoms with Crippen molar-refractivity contribution >= 4 is 23.6 Å². The number of carbonyl (C=O) groups is 2. The minimum atomic E-state index is -0.869. The van der Waals surface area contributed by atoms with Crippen LogP contribution >= 0.6 is 11.8 Å². The van der Waals surface area contributed by atoms with E-state index in [0.29, 0.717) is 5.75 Å². The van der Waals surface area contributed by atoms with Crippen LogP contribution in [0.25, 0.3) is 0 Å². The maximum atomic E-state index is 12.4. The van der Waals surface area contributed by atoms with E-state index in [0.717, 1.165) is 25.7 Å². The van der Waals surface area contributed by atoms with Crippen LogP contribution in [0.4, 0.5) is 0 Å². The van der Waals surface area contributed by atoms with Gasteiger partial charge in [-0.25, -0.2) is 4.79 Å². The summed E-state index contributed by atoms with van der Waals surface area (Å²) in [6.45, 7) is 1.92. The van der Waals surface area contributed by atoms with Crippen molar-refractivity contribution in [1.82, 2.24) is 4.90 Å². The molecule has 0 aromatic heterocycles. The summed E-state index contributed by atoms with van der Waals surface area (Å²) < 4.78 is 0. The van der Waals surface area contributed by atoms with Gasteiger partial charge >= 0.3 is 5.97 Å². The summed E-state index contributed by atoms with van der Waals surface area (Å²) in [4.78, 5) is 25.1. The summed E-state index contributed by atoms with van der Waals surface area (Å²) in [7, 11) is 0. The number of hydrogen-bond acceptors (Lipinski definition) is 3. The van der Waals surface area contributed by atoms with Gasteiger partial charge in [-0.2, -0.15) is 0 Å². The van der Waals surface area contributed by atoms with Crippen molar-refractivity contribution in [3.63, 3.8) is 0 Å². The fourth-order valence-corrected chi connectivity index (χ4v) is 3.90. The molecular weight excluding hydrogens is 238 g/mol. The summed E-state index contributed by atoms with van der Waals surface area (Å²) >= 11 is 1.56. The third kappa shape index (κ3) is 2.59. The van der Waals surface area contributed by atoms with Crippen LogP contribution in [-0.2, 0) is 9.59 Å². The maximum Gasteiger partial charge on any atom is 0.327 e. The lowest BCUT2D eigenvalue weighted by Gasteiger charge is -2.31. The lowest BCUT2D eigenvalue weighted by atomic mass is 9.88. The van der Waals surface area contributed by atoms with Crippen molar-refractivity contribution in [3.8, 4) is 0 Å². The average Bonchev–Trinajstić information content (AvgIpc) is 2.71. The van der Waals surface area contributed by atoms with Gasteiger partial charge in [0.15, 0.2) is 0 Å². The molecule has 1 saturated carbocycles. The van der Waals surface area contributed by atoms with E-state index in [-0.39, 0.29) is 17.2 Å². The molecule has 1 aliphatic heterocycles. The van der Waals surface area contributed by atoms with Crippen LogP contribution < -0.4 is 0 Å². The van der Waals surface area contributed by atoms with Crippen molar-refractivity contribution in [2.45, 2.75) is 50.4 Å². The lowest BCUT2D eigenvalue weighted by molar-refractivity contribution is -0.151. The van der Waals surface area contributed by atoms with E-state index in [9.17, 15) is 9.59 Å². The van der Waals surface area contributed by atoms with Crippen LogP contribution in [-0.4, -0.2) is 39.1 Å². The predicted octanol–water partition coefficient (Wildman–Crippen LogP) is 1.94. The highest BCUT2D eigenvalue weighted by molar-refractivity contribution is 8.00.